The first kappa shape index (κ1) is 18.9. The van der Waals surface area contributed by atoms with Gasteiger partial charge in [0.05, 0.1) is 6.26 Å². The van der Waals surface area contributed by atoms with E-state index in [0.717, 1.165) is 25.1 Å². The molecule has 0 spiro atoms. The number of imidazole rings is 1. The summed E-state index contributed by atoms with van der Waals surface area (Å²) in [4.78, 5) is 16.5. The van der Waals surface area contributed by atoms with E-state index >= 15 is 0 Å². The number of nitrogens with one attached hydrogen (secondary N) is 1. The van der Waals surface area contributed by atoms with Crippen LogP contribution in [0.1, 0.15) is 38.9 Å². The van der Waals surface area contributed by atoms with Crippen LogP contribution in [0.5, 0.6) is 0 Å². The summed E-state index contributed by atoms with van der Waals surface area (Å²) < 4.78 is 27.0. The van der Waals surface area contributed by atoms with E-state index in [1.54, 1.807) is 6.20 Å². The summed E-state index contributed by atoms with van der Waals surface area (Å²) in [5.41, 5.74) is 0. The second-order valence-electron chi connectivity index (χ2n) is 6.44. The Kier molecular flexibility index (Phi) is 6.40. The van der Waals surface area contributed by atoms with Gasteiger partial charge in [0.1, 0.15) is 5.82 Å². The highest BCUT2D eigenvalue weighted by Crippen LogP contribution is 2.23. The van der Waals surface area contributed by atoms with Crippen molar-refractivity contribution >= 4 is 15.9 Å². The SMILES string of the molecule is CCC[C@H]1CN(S(C)(=O)=O)C[C@@H]1NC(=O)CCn1ccnc1CC. The van der Waals surface area contributed by atoms with Gasteiger partial charge in [-0.25, -0.2) is 13.4 Å². The molecule has 1 saturated heterocycles. The highest BCUT2D eigenvalue weighted by atomic mass is 32.2. The highest BCUT2D eigenvalue weighted by molar-refractivity contribution is 7.88. The lowest BCUT2D eigenvalue weighted by atomic mass is 9.98. The van der Waals surface area contributed by atoms with Gasteiger partial charge < -0.3 is 9.88 Å². The molecule has 0 radical (unpaired) electrons. The molecule has 1 aromatic heterocycles. The van der Waals surface area contributed by atoms with E-state index in [1.807, 2.05) is 17.7 Å². The van der Waals surface area contributed by atoms with Gasteiger partial charge in [0, 0.05) is 50.9 Å². The molecule has 1 aromatic rings. The smallest absolute Gasteiger partial charge is 0.222 e. The minimum absolute atomic E-state index is 0.0350. The number of amides is 1. The first-order chi connectivity index (χ1) is 11.3. The van der Waals surface area contributed by atoms with Gasteiger partial charge in [-0.2, -0.15) is 4.31 Å². The van der Waals surface area contributed by atoms with Crippen LogP contribution in [0.3, 0.4) is 0 Å². The molecule has 0 aromatic carbocycles. The third-order valence-electron chi connectivity index (χ3n) is 4.58. The van der Waals surface area contributed by atoms with E-state index in [4.69, 9.17) is 0 Å². The molecule has 2 atom stereocenters. The number of hydrogen-bond acceptors (Lipinski definition) is 4. The van der Waals surface area contributed by atoms with Crippen LogP contribution < -0.4 is 5.32 Å². The lowest BCUT2D eigenvalue weighted by Gasteiger charge is -2.19. The fourth-order valence-corrected chi connectivity index (χ4v) is 4.18. The summed E-state index contributed by atoms with van der Waals surface area (Å²) in [5, 5.41) is 3.04. The Hall–Kier alpha value is -1.41. The van der Waals surface area contributed by atoms with Crippen molar-refractivity contribution in [2.24, 2.45) is 5.92 Å². The van der Waals surface area contributed by atoms with Crippen LogP contribution in [-0.4, -0.2) is 53.6 Å². The summed E-state index contributed by atoms with van der Waals surface area (Å²) >= 11 is 0. The molecule has 0 bridgehead atoms. The van der Waals surface area contributed by atoms with Crippen molar-refractivity contribution in [1.29, 1.82) is 0 Å². The van der Waals surface area contributed by atoms with Crippen molar-refractivity contribution in [3.8, 4) is 0 Å². The van der Waals surface area contributed by atoms with Crippen LogP contribution in [0.2, 0.25) is 0 Å². The lowest BCUT2D eigenvalue weighted by Crippen LogP contribution is -2.41. The molecule has 8 heteroatoms. The van der Waals surface area contributed by atoms with E-state index in [1.165, 1.54) is 10.6 Å². The summed E-state index contributed by atoms with van der Waals surface area (Å²) in [5.74, 6) is 1.12. The minimum Gasteiger partial charge on any atom is -0.352 e. The fraction of sp³-hybridized carbons (Fsp3) is 0.750. The number of aryl methyl sites for hydroxylation is 2. The van der Waals surface area contributed by atoms with E-state index in [2.05, 4.69) is 17.2 Å². The summed E-state index contributed by atoms with van der Waals surface area (Å²) in [7, 11) is -3.21. The molecule has 2 heterocycles. The molecule has 0 saturated carbocycles. The van der Waals surface area contributed by atoms with Crippen LogP contribution in [0.25, 0.3) is 0 Å². The van der Waals surface area contributed by atoms with Crippen molar-refractivity contribution in [3.05, 3.63) is 18.2 Å². The number of hydrogen-bond donors (Lipinski definition) is 1. The summed E-state index contributed by atoms with van der Waals surface area (Å²) in [6.45, 7) is 5.58. The number of carbonyl (C=O) groups excluding carboxylic acids is 1. The van der Waals surface area contributed by atoms with Gasteiger partial charge in [-0.05, 0) is 12.3 Å². The van der Waals surface area contributed by atoms with Gasteiger partial charge in [-0.3, -0.25) is 4.79 Å². The fourth-order valence-electron chi connectivity index (χ4n) is 3.29. The normalized spacial score (nSPS) is 22.0. The number of sulfonamides is 1. The van der Waals surface area contributed by atoms with Gasteiger partial charge in [0.2, 0.25) is 15.9 Å². The van der Waals surface area contributed by atoms with Crippen LogP contribution >= 0.6 is 0 Å². The van der Waals surface area contributed by atoms with E-state index < -0.39 is 10.0 Å². The lowest BCUT2D eigenvalue weighted by molar-refractivity contribution is -0.122. The zero-order chi connectivity index (χ0) is 17.7. The number of aromatic nitrogens is 2. The van der Waals surface area contributed by atoms with Crippen molar-refractivity contribution in [2.45, 2.75) is 52.1 Å². The molecule has 24 heavy (non-hydrogen) atoms. The molecule has 0 unspecified atom stereocenters. The number of nitrogens with zero attached hydrogens (tertiary/aromatic N) is 3. The van der Waals surface area contributed by atoms with E-state index in [9.17, 15) is 13.2 Å². The first-order valence-electron chi connectivity index (χ1n) is 8.59. The van der Waals surface area contributed by atoms with E-state index in [-0.39, 0.29) is 17.9 Å². The Morgan fingerprint density at radius 2 is 2.12 bits per heavy atom. The average Bonchev–Trinajstić information content (AvgIpc) is 3.12. The molecule has 1 aliphatic heterocycles. The maximum atomic E-state index is 12.3. The topological polar surface area (TPSA) is 84.3 Å². The second-order valence-corrected chi connectivity index (χ2v) is 8.43. The van der Waals surface area contributed by atoms with Gasteiger partial charge in [-0.15, -0.1) is 0 Å². The van der Waals surface area contributed by atoms with Crippen molar-refractivity contribution < 1.29 is 13.2 Å². The van der Waals surface area contributed by atoms with Gasteiger partial charge in [0.25, 0.3) is 0 Å². The quantitative estimate of drug-likeness (QED) is 0.753. The molecule has 0 aliphatic carbocycles. The zero-order valence-electron chi connectivity index (χ0n) is 14.7. The Labute approximate surface area is 144 Å². The van der Waals surface area contributed by atoms with Crippen molar-refractivity contribution in [2.75, 3.05) is 19.3 Å². The number of carbonyl (C=O) groups is 1. The monoisotopic (exact) mass is 356 g/mol. The Morgan fingerprint density at radius 3 is 2.75 bits per heavy atom. The first-order valence-corrected chi connectivity index (χ1v) is 10.4. The molecule has 1 fully saturated rings. The standard InChI is InChI=1S/C16H28N4O3S/c1-4-6-13-11-20(24(3,22)23)12-14(13)18-16(21)7-9-19-10-8-17-15(19)5-2/h8,10,13-14H,4-7,9,11-12H2,1-3H3,(H,18,21)/t13-,14-/m0/s1. The molecular formula is C16H28N4O3S. The molecule has 1 N–H and O–H groups in total. The van der Waals surface area contributed by atoms with Crippen LogP contribution in [-0.2, 0) is 27.8 Å². The van der Waals surface area contributed by atoms with Gasteiger partial charge in [0.15, 0.2) is 0 Å². The molecule has 136 valence electrons. The Morgan fingerprint density at radius 1 is 1.38 bits per heavy atom. The largest absolute Gasteiger partial charge is 0.352 e. The highest BCUT2D eigenvalue weighted by Gasteiger charge is 2.37. The summed E-state index contributed by atoms with van der Waals surface area (Å²) in [6.07, 6.45) is 7.95. The van der Waals surface area contributed by atoms with Crippen molar-refractivity contribution in [1.82, 2.24) is 19.2 Å². The molecule has 2 rings (SSSR count). The molecule has 1 aliphatic rings. The molecular weight excluding hydrogens is 328 g/mol. The predicted octanol–water partition coefficient (Wildman–Crippen LogP) is 1.01. The second kappa shape index (κ2) is 8.11. The maximum Gasteiger partial charge on any atom is 0.222 e. The predicted molar refractivity (Wildman–Crippen MR) is 93.0 cm³/mol. The van der Waals surface area contributed by atoms with Crippen LogP contribution in [0.15, 0.2) is 12.4 Å². The van der Waals surface area contributed by atoms with Crippen molar-refractivity contribution in [3.63, 3.8) is 0 Å². The van der Waals surface area contributed by atoms with Gasteiger partial charge >= 0.3 is 0 Å². The minimum atomic E-state index is -3.21. The van der Waals surface area contributed by atoms with E-state index in [0.29, 0.717) is 26.1 Å². The van der Waals surface area contributed by atoms with Gasteiger partial charge in [-0.1, -0.05) is 20.3 Å². The summed E-state index contributed by atoms with van der Waals surface area (Å²) in [6, 6.07) is -0.0967. The third kappa shape index (κ3) is 4.80. The zero-order valence-corrected chi connectivity index (χ0v) is 15.6. The Balaban J connectivity index is 1.91. The molecule has 7 nitrogen and oxygen atoms in total. The number of rotatable bonds is 8. The maximum absolute atomic E-state index is 12.3. The third-order valence-corrected chi connectivity index (χ3v) is 5.82. The van der Waals surface area contributed by atoms with Crippen LogP contribution in [0.4, 0.5) is 0 Å². The molecule has 1 amide bonds. The average molecular weight is 356 g/mol. The Bertz CT molecular complexity index is 656. The van der Waals surface area contributed by atoms with Crippen LogP contribution in [0, 0.1) is 5.92 Å².